The van der Waals surface area contributed by atoms with Crippen molar-refractivity contribution in [2.75, 3.05) is 26.7 Å². The van der Waals surface area contributed by atoms with Crippen LogP contribution in [0.1, 0.15) is 43.0 Å². The molecule has 4 nitrogen and oxygen atoms in total. The summed E-state index contributed by atoms with van der Waals surface area (Å²) in [4.78, 5) is 16.4. The van der Waals surface area contributed by atoms with Crippen molar-refractivity contribution in [2.24, 2.45) is 23.5 Å². The van der Waals surface area contributed by atoms with Gasteiger partial charge in [0.25, 0.3) is 0 Å². The maximum Gasteiger partial charge on any atom is 0.223 e. The number of piperidine rings is 1. The summed E-state index contributed by atoms with van der Waals surface area (Å²) >= 11 is 1.83. The maximum atomic E-state index is 12.6. The van der Waals surface area contributed by atoms with E-state index in [1.807, 2.05) is 11.3 Å². The predicted octanol–water partition coefficient (Wildman–Crippen LogP) is 2.62. The van der Waals surface area contributed by atoms with Gasteiger partial charge in [-0.3, -0.25) is 9.69 Å². The van der Waals surface area contributed by atoms with Gasteiger partial charge in [-0.25, -0.2) is 0 Å². The van der Waals surface area contributed by atoms with Crippen LogP contribution in [0.3, 0.4) is 0 Å². The van der Waals surface area contributed by atoms with Crippen LogP contribution in [0.4, 0.5) is 0 Å². The average molecular weight is 336 g/mol. The van der Waals surface area contributed by atoms with E-state index in [1.54, 1.807) is 0 Å². The lowest BCUT2D eigenvalue weighted by Crippen LogP contribution is -2.43. The van der Waals surface area contributed by atoms with Gasteiger partial charge in [0.1, 0.15) is 0 Å². The number of nitrogens with two attached hydrogens (primary N) is 1. The molecule has 3 N–H and O–H groups in total. The Morgan fingerprint density at radius 3 is 2.91 bits per heavy atom. The largest absolute Gasteiger partial charge is 0.356 e. The van der Waals surface area contributed by atoms with Crippen molar-refractivity contribution in [3.63, 3.8) is 0 Å². The molecule has 0 aromatic carbocycles. The summed E-state index contributed by atoms with van der Waals surface area (Å²) in [5.74, 6) is 1.27. The average Bonchev–Trinajstić information content (AvgIpc) is 3.23. The zero-order chi connectivity index (χ0) is 16.2. The molecule has 2 fully saturated rings. The minimum absolute atomic E-state index is 0.140. The summed E-state index contributed by atoms with van der Waals surface area (Å²) in [5, 5.41) is 5.41. The predicted molar refractivity (Wildman–Crippen MR) is 95.3 cm³/mol. The Bertz CT molecular complexity index is 504. The van der Waals surface area contributed by atoms with Crippen LogP contribution in [0.25, 0.3) is 0 Å². The van der Waals surface area contributed by atoms with Gasteiger partial charge >= 0.3 is 0 Å². The minimum atomic E-state index is 0.140. The minimum Gasteiger partial charge on any atom is -0.356 e. The van der Waals surface area contributed by atoms with Crippen molar-refractivity contribution in [2.45, 2.75) is 38.1 Å². The van der Waals surface area contributed by atoms with Crippen molar-refractivity contribution in [3.05, 3.63) is 22.4 Å². The van der Waals surface area contributed by atoms with E-state index in [2.05, 4.69) is 34.8 Å². The fourth-order valence-electron chi connectivity index (χ4n) is 4.41. The summed E-state index contributed by atoms with van der Waals surface area (Å²) in [6.07, 6.45) is 5.67. The number of likely N-dealkylation sites (tertiary alicyclic amines) is 1. The molecule has 2 aliphatic rings. The summed E-state index contributed by atoms with van der Waals surface area (Å²) in [6.45, 7) is 2.58. The Labute approximate surface area is 143 Å². The second kappa shape index (κ2) is 7.77. The molecule has 5 heteroatoms. The molecular weight excluding hydrogens is 306 g/mol. The molecule has 1 aromatic rings. The Kier molecular flexibility index (Phi) is 5.72. The Morgan fingerprint density at radius 1 is 1.35 bits per heavy atom. The molecule has 2 heterocycles. The highest BCUT2D eigenvalue weighted by Gasteiger charge is 2.34. The number of thiophene rings is 1. The number of rotatable bonds is 5. The second-order valence-electron chi connectivity index (χ2n) is 7.12. The van der Waals surface area contributed by atoms with Crippen LogP contribution < -0.4 is 11.1 Å². The Morgan fingerprint density at radius 2 is 2.17 bits per heavy atom. The summed E-state index contributed by atoms with van der Waals surface area (Å²) < 4.78 is 0. The van der Waals surface area contributed by atoms with E-state index in [9.17, 15) is 4.79 Å². The molecule has 0 bridgehead atoms. The Balaban J connectivity index is 1.60. The molecule has 128 valence electrons. The zero-order valence-corrected chi connectivity index (χ0v) is 14.9. The molecule has 4 atom stereocenters. The number of amides is 1. The normalized spacial score (nSPS) is 32.1. The van der Waals surface area contributed by atoms with Gasteiger partial charge in [0.2, 0.25) is 5.91 Å². The van der Waals surface area contributed by atoms with Crippen molar-refractivity contribution < 1.29 is 4.79 Å². The van der Waals surface area contributed by atoms with Gasteiger partial charge in [0.05, 0.1) is 0 Å². The fraction of sp³-hybridized carbons (Fsp3) is 0.722. The van der Waals surface area contributed by atoms with Crippen LogP contribution >= 0.6 is 11.3 Å². The highest BCUT2D eigenvalue weighted by Crippen LogP contribution is 2.37. The first-order valence-corrected chi connectivity index (χ1v) is 9.80. The van der Waals surface area contributed by atoms with E-state index in [0.29, 0.717) is 24.4 Å². The van der Waals surface area contributed by atoms with Crippen molar-refractivity contribution in [1.29, 1.82) is 0 Å². The van der Waals surface area contributed by atoms with Crippen LogP contribution in [0.5, 0.6) is 0 Å². The third-order valence-corrected chi connectivity index (χ3v) is 6.62. The van der Waals surface area contributed by atoms with E-state index >= 15 is 0 Å². The van der Waals surface area contributed by atoms with Crippen LogP contribution in [0.15, 0.2) is 17.5 Å². The first-order chi connectivity index (χ1) is 11.2. The highest BCUT2D eigenvalue weighted by molar-refractivity contribution is 7.10. The summed E-state index contributed by atoms with van der Waals surface area (Å²) in [7, 11) is 2.21. The van der Waals surface area contributed by atoms with Crippen molar-refractivity contribution in [3.8, 4) is 0 Å². The Hall–Kier alpha value is -0.910. The number of nitrogens with zero attached hydrogens (tertiary/aromatic N) is 1. The van der Waals surface area contributed by atoms with Crippen molar-refractivity contribution in [1.82, 2.24) is 10.2 Å². The van der Waals surface area contributed by atoms with Gasteiger partial charge < -0.3 is 11.1 Å². The number of carbonyl (C=O) groups excluding carboxylic acids is 1. The van der Waals surface area contributed by atoms with Gasteiger partial charge in [-0.15, -0.1) is 11.3 Å². The van der Waals surface area contributed by atoms with Gasteiger partial charge in [0.15, 0.2) is 0 Å². The zero-order valence-electron chi connectivity index (χ0n) is 14.0. The van der Waals surface area contributed by atoms with E-state index in [0.717, 1.165) is 32.4 Å². The molecule has 1 amide bonds. The van der Waals surface area contributed by atoms with E-state index in [-0.39, 0.29) is 11.8 Å². The summed E-state index contributed by atoms with van der Waals surface area (Å²) in [6, 6.07) is 4.80. The first-order valence-electron chi connectivity index (χ1n) is 8.92. The lowest BCUT2D eigenvalue weighted by molar-refractivity contribution is -0.126. The molecule has 1 saturated carbocycles. The molecule has 1 saturated heterocycles. The molecule has 1 aliphatic heterocycles. The topological polar surface area (TPSA) is 58.4 Å². The van der Waals surface area contributed by atoms with Crippen LogP contribution in [0, 0.1) is 17.8 Å². The molecule has 0 spiro atoms. The van der Waals surface area contributed by atoms with Gasteiger partial charge in [-0.2, -0.15) is 0 Å². The van der Waals surface area contributed by atoms with Gasteiger partial charge in [-0.05, 0) is 69.1 Å². The monoisotopic (exact) mass is 335 g/mol. The molecule has 2 unspecified atom stereocenters. The number of hydrogen-bond acceptors (Lipinski definition) is 4. The lowest BCUT2D eigenvalue weighted by atomic mass is 9.88. The van der Waals surface area contributed by atoms with E-state index in [1.165, 1.54) is 17.7 Å². The molecule has 23 heavy (non-hydrogen) atoms. The van der Waals surface area contributed by atoms with E-state index in [4.69, 9.17) is 5.73 Å². The lowest BCUT2D eigenvalue weighted by Gasteiger charge is -2.39. The molecule has 3 rings (SSSR count). The molecule has 1 aromatic heterocycles. The highest BCUT2D eigenvalue weighted by atomic mass is 32.1. The van der Waals surface area contributed by atoms with Crippen LogP contribution in [-0.2, 0) is 4.79 Å². The van der Waals surface area contributed by atoms with Crippen LogP contribution in [-0.4, -0.2) is 37.5 Å². The van der Waals surface area contributed by atoms with Gasteiger partial charge in [0, 0.05) is 23.4 Å². The number of nitrogens with one attached hydrogen (secondary N) is 1. The molecule has 1 aliphatic carbocycles. The second-order valence-corrected chi connectivity index (χ2v) is 8.10. The molecule has 0 radical (unpaired) electrons. The third kappa shape index (κ3) is 3.78. The SMILES string of the molecule is CN1CCCC(CNC(=O)[C@@H]2CCC[C@@H]2CN)C1c1cccs1. The quantitative estimate of drug-likeness (QED) is 0.870. The fourth-order valence-corrected chi connectivity index (χ4v) is 5.39. The third-order valence-electron chi connectivity index (χ3n) is 5.68. The van der Waals surface area contributed by atoms with Crippen LogP contribution in [0.2, 0.25) is 0 Å². The smallest absolute Gasteiger partial charge is 0.223 e. The van der Waals surface area contributed by atoms with Crippen molar-refractivity contribution >= 4 is 17.2 Å². The standard InChI is InChI=1S/C18H29N3OS/c1-21-9-3-6-14(17(21)16-8-4-10-23-16)12-20-18(22)15-7-2-5-13(15)11-19/h4,8,10,13-15,17H,2-3,5-7,9,11-12,19H2,1H3,(H,20,22)/t13-,14?,15-,17?/m1/s1. The number of hydrogen-bond donors (Lipinski definition) is 2. The number of carbonyl (C=O) groups is 1. The van der Waals surface area contributed by atoms with Gasteiger partial charge in [-0.1, -0.05) is 12.5 Å². The molecular formula is C18H29N3OS. The summed E-state index contributed by atoms with van der Waals surface area (Å²) in [5.41, 5.74) is 5.82. The maximum absolute atomic E-state index is 12.6. The first kappa shape index (κ1) is 16.9. The van der Waals surface area contributed by atoms with E-state index < -0.39 is 0 Å².